The van der Waals surface area contributed by atoms with Gasteiger partial charge in [-0.1, -0.05) is 67.8 Å². The Bertz CT molecular complexity index is 2180. The van der Waals surface area contributed by atoms with Gasteiger partial charge in [-0.2, -0.15) is 0 Å². The molecule has 8 rings (SSSR count). The Morgan fingerprint density at radius 3 is 2.41 bits per heavy atom. The van der Waals surface area contributed by atoms with E-state index in [4.69, 9.17) is 18.9 Å². The normalized spacial score (nSPS) is 34.9. The van der Waals surface area contributed by atoms with Crippen LogP contribution in [0, 0.1) is 22.7 Å². The van der Waals surface area contributed by atoms with Gasteiger partial charge in [0.05, 0.1) is 45.2 Å². The van der Waals surface area contributed by atoms with Crippen molar-refractivity contribution in [2.75, 3.05) is 39.6 Å². The highest BCUT2D eigenvalue weighted by molar-refractivity contribution is 7.99. The Balaban J connectivity index is 0.865. The Morgan fingerprint density at radius 1 is 0.967 bits per heavy atom. The topological polar surface area (TPSA) is 149 Å². The Hall–Kier alpha value is -4.15. The third kappa shape index (κ3) is 7.41. The molecule has 2 aliphatic heterocycles. The molecular weight excluding hydrogens is 809 g/mol. The zero-order valence-electron chi connectivity index (χ0n) is 34.2. The van der Waals surface area contributed by atoms with Crippen molar-refractivity contribution < 1.29 is 57.1 Å². The summed E-state index contributed by atoms with van der Waals surface area (Å²) in [6.07, 6.45) is 2.82. The van der Waals surface area contributed by atoms with Crippen molar-refractivity contribution in [2.24, 2.45) is 22.7 Å². The zero-order chi connectivity index (χ0) is 43.3. The maximum atomic E-state index is 17.8. The Morgan fingerprint density at radius 2 is 1.69 bits per heavy atom. The van der Waals surface area contributed by atoms with Gasteiger partial charge in [0, 0.05) is 57.1 Å². The lowest BCUT2D eigenvalue weighted by atomic mass is 9.44. The fourth-order valence-corrected chi connectivity index (χ4v) is 11.9. The van der Waals surface area contributed by atoms with E-state index in [1.807, 2.05) is 48.5 Å². The second kappa shape index (κ2) is 16.9. The van der Waals surface area contributed by atoms with Crippen LogP contribution in [-0.4, -0.2) is 108 Å². The number of nitrogens with zero attached hydrogens (tertiary/aromatic N) is 1. The molecule has 6 aliphatic rings. The number of alkyl halides is 2. The van der Waals surface area contributed by atoms with Crippen LogP contribution in [0.1, 0.15) is 56.9 Å². The summed E-state index contributed by atoms with van der Waals surface area (Å²) >= 11 is 1.51. The summed E-state index contributed by atoms with van der Waals surface area (Å²) < 4.78 is 57.9. The molecule has 10 atom stereocenters. The lowest BCUT2D eigenvalue weighted by Crippen LogP contribution is -2.70. The third-order valence-electron chi connectivity index (χ3n) is 14.0. The molecule has 2 amide bonds. The smallest absolute Gasteiger partial charge is 0.253 e. The second-order valence-electron chi connectivity index (χ2n) is 17.3. The van der Waals surface area contributed by atoms with Crippen molar-refractivity contribution >= 4 is 35.1 Å². The third-order valence-corrected chi connectivity index (χ3v) is 15.0. The fraction of sp³-hybridized carbons (Fsp3) is 0.489. The van der Waals surface area contributed by atoms with Gasteiger partial charge in [-0.05, 0) is 73.1 Å². The van der Waals surface area contributed by atoms with E-state index in [0.717, 1.165) is 20.3 Å². The molecular formula is C47H51F2NO10S. The first-order valence-electron chi connectivity index (χ1n) is 20.8. The molecule has 2 aromatic carbocycles. The highest BCUT2D eigenvalue weighted by Crippen LogP contribution is 2.72. The highest BCUT2D eigenvalue weighted by Gasteiger charge is 2.80. The molecule has 0 spiro atoms. The van der Waals surface area contributed by atoms with E-state index in [0.29, 0.717) is 11.1 Å². The maximum absolute atomic E-state index is 17.8. The summed E-state index contributed by atoms with van der Waals surface area (Å²) in [5.41, 5.74) is -4.17. The number of hydrogen-bond donors (Lipinski definition) is 2. The first-order valence-corrected chi connectivity index (χ1v) is 21.6. The van der Waals surface area contributed by atoms with Crippen LogP contribution in [-0.2, 0) is 44.5 Å². The minimum Gasteiger partial charge on any atom is -0.390 e. The number of rotatable bonds is 16. The number of allylic oxidation sites excluding steroid dienone is 5. The van der Waals surface area contributed by atoms with Crippen LogP contribution in [0.2, 0.25) is 0 Å². The van der Waals surface area contributed by atoms with Gasteiger partial charge in [0.2, 0.25) is 0 Å². The van der Waals surface area contributed by atoms with Crippen LogP contribution >= 0.6 is 11.8 Å². The maximum Gasteiger partial charge on any atom is 0.253 e. The van der Waals surface area contributed by atoms with E-state index in [-0.39, 0.29) is 88.2 Å². The van der Waals surface area contributed by atoms with E-state index in [1.54, 1.807) is 32.1 Å². The predicted octanol–water partition coefficient (Wildman–Crippen LogP) is 5.93. The van der Waals surface area contributed by atoms with Gasteiger partial charge in [-0.15, -0.1) is 0 Å². The number of carbonyl (C=O) groups excluding carboxylic acids is 4. The fourth-order valence-electron chi connectivity index (χ4n) is 11.0. The van der Waals surface area contributed by atoms with Crippen LogP contribution in [0.15, 0.2) is 106 Å². The lowest BCUT2D eigenvalue weighted by molar-refractivity contribution is -0.235. The van der Waals surface area contributed by atoms with Crippen LogP contribution in [0.25, 0.3) is 0 Å². The van der Waals surface area contributed by atoms with Crippen molar-refractivity contribution in [1.82, 2.24) is 4.90 Å². The van der Waals surface area contributed by atoms with E-state index in [9.17, 15) is 29.4 Å². The molecule has 2 aromatic rings. The number of carbonyl (C=O) groups is 4. The molecule has 0 bridgehead atoms. The molecule has 4 aliphatic carbocycles. The molecule has 0 unspecified atom stereocenters. The number of imide groups is 1. The van der Waals surface area contributed by atoms with E-state index < -0.39 is 71.0 Å². The molecule has 2 heterocycles. The number of aliphatic hydroxyl groups is 2. The van der Waals surface area contributed by atoms with Gasteiger partial charge in [0.25, 0.3) is 11.8 Å². The Labute approximate surface area is 357 Å². The molecule has 3 saturated carbocycles. The van der Waals surface area contributed by atoms with E-state index in [2.05, 4.69) is 6.58 Å². The molecule has 0 aromatic heterocycles. The monoisotopic (exact) mass is 859 g/mol. The largest absolute Gasteiger partial charge is 0.390 e. The molecule has 0 radical (unpaired) electrons. The minimum absolute atomic E-state index is 0.0237. The average molecular weight is 860 g/mol. The summed E-state index contributed by atoms with van der Waals surface area (Å²) in [6, 6.07) is 15.2. The molecule has 14 heteroatoms. The molecule has 61 heavy (non-hydrogen) atoms. The summed E-state index contributed by atoms with van der Waals surface area (Å²) in [4.78, 5) is 52.7. The van der Waals surface area contributed by atoms with Gasteiger partial charge in [-0.3, -0.25) is 24.1 Å². The first kappa shape index (κ1) is 43.5. The van der Waals surface area contributed by atoms with Gasteiger partial charge >= 0.3 is 0 Å². The number of halogens is 2. The number of benzene rings is 2. The standard InChI is InChI=1S/C47H51F2NO10S/c1-28-13-15-44(2)36(21-28)37(48)24-35-34-25-40-47(39(54)27-51,45(34,3)26-38(53)46(35,44)49)60-43(59-40)30-7-9-32(10-8-30)61-33-6-4-5-29(23-33)22-31(52)14-17-57-19-20-58-18-16-50-41(55)11-12-42(50)56/h4-13,15,21,23,34-35,37-38,40,43,51,53H,1,14,16-20,22,24-27H2,2-3H3/t34-,35-,37-,38-,40+,43+,44-,45-,46-,47+/m0/s1. The van der Waals surface area contributed by atoms with E-state index in [1.165, 1.54) is 23.9 Å². The first-order chi connectivity index (χ1) is 29.1. The molecule has 1 saturated heterocycles. The van der Waals surface area contributed by atoms with E-state index >= 15 is 8.78 Å². The summed E-state index contributed by atoms with van der Waals surface area (Å²) in [5, 5.41) is 22.1. The van der Waals surface area contributed by atoms with Gasteiger partial charge in [0.1, 0.15) is 18.6 Å². The summed E-state index contributed by atoms with van der Waals surface area (Å²) in [6.45, 7) is 7.67. The number of amides is 2. The molecule has 324 valence electrons. The Kier molecular flexibility index (Phi) is 12.0. The van der Waals surface area contributed by atoms with Crippen molar-refractivity contribution in [3.63, 3.8) is 0 Å². The second-order valence-corrected chi connectivity index (χ2v) is 18.5. The van der Waals surface area contributed by atoms with Crippen LogP contribution in [0.3, 0.4) is 0 Å². The molecule has 4 fully saturated rings. The number of fused-ring (bicyclic) bond motifs is 7. The highest BCUT2D eigenvalue weighted by atomic mass is 32.2. The van der Waals surface area contributed by atoms with Gasteiger partial charge in [0.15, 0.2) is 23.3 Å². The number of hydrogen-bond acceptors (Lipinski definition) is 11. The number of Topliss-reactive ketones (excluding diaryl/α,β-unsaturated/α-hetero) is 2. The van der Waals surface area contributed by atoms with Gasteiger partial charge < -0.3 is 29.2 Å². The van der Waals surface area contributed by atoms with Crippen LogP contribution in [0.4, 0.5) is 8.78 Å². The number of aliphatic hydroxyl groups excluding tert-OH is 2. The molecule has 2 N–H and O–H groups in total. The quantitative estimate of drug-likeness (QED) is 0.153. The van der Waals surface area contributed by atoms with Gasteiger partial charge in [-0.25, -0.2) is 8.78 Å². The summed E-state index contributed by atoms with van der Waals surface area (Å²) in [5.74, 6) is -2.83. The van der Waals surface area contributed by atoms with Crippen molar-refractivity contribution in [3.05, 3.63) is 108 Å². The zero-order valence-corrected chi connectivity index (χ0v) is 35.0. The predicted molar refractivity (Wildman–Crippen MR) is 220 cm³/mol. The van der Waals surface area contributed by atoms with Crippen molar-refractivity contribution in [3.8, 4) is 0 Å². The summed E-state index contributed by atoms with van der Waals surface area (Å²) in [7, 11) is 0. The number of ketones is 2. The SMILES string of the molecule is C=C1C=C[C@@]2(C)C(=C1)[C@@H](F)C[C@H]1[C@@H]3C[C@H]4O[C@@H](c5ccc(Sc6cccc(CC(=O)CCOCCOCCN7C(=O)C=CC7=O)c6)cc5)O[C@@]4(C(=O)CO)[C@@]3(C)C[C@H](O)[C@@]12F. The van der Waals surface area contributed by atoms with Crippen molar-refractivity contribution in [2.45, 2.75) is 91.7 Å². The van der Waals surface area contributed by atoms with Crippen LogP contribution in [0.5, 0.6) is 0 Å². The average Bonchev–Trinajstić information content (AvgIpc) is 3.86. The number of ether oxygens (including phenoxy) is 4. The van der Waals surface area contributed by atoms with Crippen LogP contribution < -0.4 is 0 Å². The minimum atomic E-state index is -2.22. The molecule has 11 nitrogen and oxygen atoms in total. The van der Waals surface area contributed by atoms with Crippen molar-refractivity contribution in [1.29, 1.82) is 0 Å². The lowest BCUT2D eigenvalue weighted by Gasteiger charge is -2.63.